The van der Waals surface area contributed by atoms with Gasteiger partial charge in [0.2, 0.25) is 0 Å². The van der Waals surface area contributed by atoms with Gasteiger partial charge < -0.3 is 39.3 Å². The first-order chi connectivity index (χ1) is 18.3. The summed E-state index contributed by atoms with van der Waals surface area (Å²) in [5, 5.41) is 9.64. The third-order valence-electron chi connectivity index (χ3n) is 4.96. The van der Waals surface area contributed by atoms with E-state index < -0.39 is 48.6 Å². The summed E-state index contributed by atoms with van der Waals surface area (Å²) in [4.78, 5) is 48.5. The zero-order valence-corrected chi connectivity index (χ0v) is 24.8. The molecule has 12 nitrogen and oxygen atoms in total. The molecule has 0 aliphatic carbocycles. The SMILES string of the molecule is CC(C)OC(=O)OC(C)CC(c1ccc(OC(=O)OCC(C)(C)C)c(OC(=O)OCC(C)(C)C)c1)[C@H](N)C(=O)O. The highest BCUT2D eigenvalue weighted by atomic mass is 16.7. The number of aliphatic carboxylic acids is 1. The number of benzene rings is 1. The van der Waals surface area contributed by atoms with Crippen LogP contribution in [-0.4, -0.2) is 61.0 Å². The van der Waals surface area contributed by atoms with Gasteiger partial charge in [-0.2, -0.15) is 0 Å². The van der Waals surface area contributed by atoms with Gasteiger partial charge in [-0.05, 0) is 55.7 Å². The Morgan fingerprint density at radius 2 is 1.30 bits per heavy atom. The quantitative estimate of drug-likeness (QED) is 0.191. The first kappa shape index (κ1) is 34.5. The molecule has 3 atom stereocenters. The lowest BCUT2D eigenvalue weighted by atomic mass is 9.87. The van der Waals surface area contributed by atoms with Gasteiger partial charge >= 0.3 is 24.4 Å². The van der Waals surface area contributed by atoms with Crippen molar-refractivity contribution in [3.05, 3.63) is 23.8 Å². The summed E-state index contributed by atoms with van der Waals surface area (Å²) in [5.41, 5.74) is 5.64. The highest BCUT2D eigenvalue weighted by Crippen LogP contribution is 2.35. The van der Waals surface area contributed by atoms with Gasteiger partial charge in [0, 0.05) is 5.92 Å². The lowest BCUT2D eigenvalue weighted by molar-refractivity contribution is -0.139. The molecule has 0 spiro atoms. The van der Waals surface area contributed by atoms with Crippen LogP contribution in [0.1, 0.15) is 80.2 Å². The Morgan fingerprint density at radius 3 is 1.75 bits per heavy atom. The monoisotopic (exact) mass is 569 g/mol. The van der Waals surface area contributed by atoms with Crippen LogP contribution in [0.2, 0.25) is 0 Å². The first-order valence-corrected chi connectivity index (χ1v) is 13.0. The summed E-state index contributed by atoms with van der Waals surface area (Å²) in [6, 6.07) is 2.68. The second-order valence-corrected chi connectivity index (χ2v) is 12.2. The van der Waals surface area contributed by atoms with E-state index in [9.17, 15) is 24.3 Å². The fourth-order valence-electron chi connectivity index (χ4n) is 3.16. The predicted octanol–water partition coefficient (Wildman–Crippen LogP) is 5.65. The molecule has 0 saturated carbocycles. The molecule has 1 rings (SSSR count). The van der Waals surface area contributed by atoms with E-state index in [2.05, 4.69) is 0 Å². The van der Waals surface area contributed by atoms with Gasteiger partial charge in [0.15, 0.2) is 11.5 Å². The third kappa shape index (κ3) is 13.5. The molecule has 0 radical (unpaired) electrons. The molecule has 0 aliphatic rings. The zero-order chi connectivity index (χ0) is 30.8. The number of hydrogen-bond acceptors (Lipinski definition) is 11. The second-order valence-electron chi connectivity index (χ2n) is 12.2. The lowest BCUT2D eigenvalue weighted by Gasteiger charge is -2.25. The molecule has 0 aliphatic heterocycles. The van der Waals surface area contributed by atoms with Crippen molar-refractivity contribution in [3.63, 3.8) is 0 Å². The average Bonchev–Trinajstić information content (AvgIpc) is 2.79. The first-order valence-electron chi connectivity index (χ1n) is 13.0. The van der Waals surface area contributed by atoms with Crippen molar-refractivity contribution in [2.75, 3.05) is 13.2 Å². The maximum Gasteiger partial charge on any atom is 0.513 e. The van der Waals surface area contributed by atoms with E-state index in [-0.39, 0.29) is 42.0 Å². The van der Waals surface area contributed by atoms with Crippen LogP contribution >= 0.6 is 0 Å². The minimum absolute atomic E-state index is 0.0115. The zero-order valence-electron chi connectivity index (χ0n) is 24.8. The van der Waals surface area contributed by atoms with Gasteiger partial charge in [0.1, 0.15) is 12.1 Å². The van der Waals surface area contributed by atoms with E-state index >= 15 is 0 Å². The number of carboxylic acids is 1. The topological polar surface area (TPSA) is 170 Å². The molecule has 1 aromatic rings. The fraction of sp³-hybridized carbons (Fsp3) is 0.643. The molecular formula is C28H43NO11. The van der Waals surface area contributed by atoms with E-state index in [0.717, 1.165) is 0 Å². The Bertz CT molecular complexity index is 1020. The lowest BCUT2D eigenvalue weighted by Crippen LogP contribution is -2.38. The van der Waals surface area contributed by atoms with Crippen molar-refractivity contribution in [2.45, 2.75) is 92.9 Å². The Labute approximate surface area is 235 Å². The maximum atomic E-state index is 12.5. The Hall–Kier alpha value is -3.54. The fourth-order valence-corrected chi connectivity index (χ4v) is 3.16. The molecule has 0 bridgehead atoms. The van der Waals surface area contributed by atoms with Gasteiger partial charge in [-0.1, -0.05) is 47.6 Å². The second kappa shape index (κ2) is 14.7. The number of carbonyl (C=O) groups excluding carboxylic acids is 3. The summed E-state index contributed by atoms with van der Waals surface area (Å²) in [6.45, 7) is 16.2. The van der Waals surface area contributed by atoms with Crippen LogP contribution < -0.4 is 15.2 Å². The van der Waals surface area contributed by atoms with E-state index in [1.807, 2.05) is 41.5 Å². The third-order valence-corrected chi connectivity index (χ3v) is 4.96. The number of carboxylic acid groups (broad SMARTS) is 1. The van der Waals surface area contributed by atoms with Crippen molar-refractivity contribution < 1.29 is 52.7 Å². The molecule has 0 amide bonds. The molecule has 0 saturated heterocycles. The number of rotatable bonds is 11. The Balaban J connectivity index is 3.33. The number of nitrogens with two attached hydrogens (primary N) is 1. The summed E-state index contributed by atoms with van der Waals surface area (Å²) >= 11 is 0. The van der Waals surface area contributed by atoms with Crippen LogP contribution in [0.4, 0.5) is 14.4 Å². The molecule has 3 N–H and O–H groups in total. The number of carbonyl (C=O) groups is 4. The van der Waals surface area contributed by atoms with Crippen LogP contribution in [0.5, 0.6) is 11.5 Å². The molecule has 12 heteroatoms. The van der Waals surface area contributed by atoms with E-state index in [1.54, 1.807) is 20.8 Å². The standard InChI is InChI=1S/C28H43NO11/c1-16(2)37-26(34)38-17(3)12-19(22(29)23(30)31)18-10-11-20(39-24(32)35-14-27(4,5)6)21(13-18)40-25(33)36-15-28(7,8)9/h10-11,13,16-17,19,22H,12,14-15,29H2,1-9H3,(H,30,31)/t17?,19?,22-/m0/s1. The highest BCUT2D eigenvalue weighted by Gasteiger charge is 2.31. The van der Waals surface area contributed by atoms with Crippen LogP contribution in [0, 0.1) is 10.8 Å². The summed E-state index contributed by atoms with van der Waals surface area (Å²) < 4.78 is 31.1. The molecule has 2 unspecified atom stereocenters. The highest BCUT2D eigenvalue weighted by molar-refractivity contribution is 5.75. The van der Waals surface area contributed by atoms with Gasteiger partial charge in [0.25, 0.3) is 0 Å². The van der Waals surface area contributed by atoms with Crippen LogP contribution in [-0.2, 0) is 23.7 Å². The predicted molar refractivity (Wildman–Crippen MR) is 144 cm³/mol. The van der Waals surface area contributed by atoms with Crippen molar-refractivity contribution in [3.8, 4) is 11.5 Å². The molecule has 0 fully saturated rings. The Morgan fingerprint density at radius 1 is 0.800 bits per heavy atom. The van der Waals surface area contributed by atoms with Crippen molar-refractivity contribution in [2.24, 2.45) is 16.6 Å². The van der Waals surface area contributed by atoms with E-state index in [4.69, 9.17) is 34.2 Å². The average molecular weight is 570 g/mol. The minimum atomic E-state index is -1.42. The Kier molecular flexibility index (Phi) is 12.7. The number of ether oxygens (including phenoxy) is 6. The minimum Gasteiger partial charge on any atom is -0.480 e. The van der Waals surface area contributed by atoms with Crippen molar-refractivity contribution in [1.82, 2.24) is 0 Å². The molecule has 0 aromatic heterocycles. The van der Waals surface area contributed by atoms with Gasteiger partial charge in [0.05, 0.1) is 19.3 Å². The van der Waals surface area contributed by atoms with Crippen LogP contribution in [0.25, 0.3) is 0 Å². The molecule has 0 heterocycles. The van der Waals surface area contributed by atoms with Crippen LogP contribution in [0.15, 0.2) is 18.2 Å². The van der Waals surface area contributed by atoms with Gasteiger partial charge in [-0.3, -0.25) is 4.79 Å². The molecule has 1 aromatic carbocycles. The summed E-state index contributed by atoms with van der Waals surface area (Å²) in [5.74, 6) is -2.60. The maximum absolute atomic E-state index is 12.5. The largest absolute Gasteiger partial charge is 0.513 e. The van der Waals surface area contributed by atoms with E-state index in [0.29, 0.717) is 5.56 Å². The van der Waals surface area contributed by atoms with Crippen molar-refractivity contribution >= 4 is 24.4 Å². The van der Waals surface area contributed by atoms with E-state index in [1.165, 1.54) is 18.2 Å². The molecular weight excluding hydrogens is 526 g/mol. The summed E-state index contributed by atoms with van der Waals surface area (Å²) in [6.07, 6.45) is -4.20. The molecule has 226 valence electrons. The smallest absolute Gasteiger partial charge is 0.480 e. The van der Waals surface area contributed by atoms with Crippen molar-refractivity contribution in [1.29, 1.82) is 0 Å². The summed E-state index contributed by atoms with van der Waals surface area (Å²) in [7, 11) is 0. The normalized spacial score (nSPS) is 14.0. The van der Waals surface area contributed by atoms with Gasteiger partial charge in [-0.15, -0.1) is 0 Å². The van der Waals surface area contributed by atoms with Gasteiger partial charge in [-0.25, -0.2) is 14.4 Å². The number of hydrogen-bond donors (Lipinski definition) is 2. The molecule has 40 heavy (non-hydrogen) atoms. The van der Waals surface area contributed by atoms with Crippen LogP contribution in [0.3, 0.4) is 0 Å².